The van der Waals surface area contributed by atoms with Crippen LogP contribution in [0.5, 0.6) is 0 Å². The molecule has 0 atom stereocenters. The van der Waals surface area contributed by atoms with E-state index >= 15 is 0 Å². The van der Waals surface area contributed by atoms with Gasteiger partial charge in [-0.05, 0) is 25.8 Å². The predicted octanol–water partition coefficient (Wildman–Crippen LogP) is 1.67. The Morgan fingerprint density at radius 3 is 2.93 bits per heavy atom. The van der Waals surface area contributed by atoms with Crippen LogP contribution >= 0.6 is 11.3 Å². The molecule has 0 unspecified atom stereocenters. The molecule has 78 valence electrons. The lowest BCUT2D eigenvalue weighted by atomic mass is 9.80. The Morgan fingerprint density at radius 1 is 1.64 bits per heavy atom. The first-order valence-electron chi connectivity index (χ1n) is 5.01. The van der Waals surface area contributed by atoms with Gasteiger partial charge in [0.05, 0.1) is 5.69 Å². The average molecular weight is 212 g/mol. The van der Waals surface area contributed by atoms with Crippen LogP contribution in [0, 0.1) is 0 Å². The van der Waals surface area contributed by atoms with Gasteiger partial charge in [-0.15, -0.1) is 11.3 Å². The molecule has 0 saturated heterocycles. The van der Waals surface area contributed by atoms with E-state index in [0.29, 0.717) is 6.54 Å². The zero-order chi connectivity index (χ0) is 10.0. The summed E-state index contributed by atoms with van der Waals surface area (Å²) in [6.07, 6.45) is 4.34. The monoisotopic (exact) mass is 212 g/mol. The van der Waals surface area contributed by atoms with Crippen molar-refractivity contribution in [3.63, 3.8) is 0 Å². The standard InChI is InChI=1S/C10H16N2OS/c1-13-10(4-2-5-10)9-12-8(3-6-11)7-14-9/h7H,2-6,11H2,1H3. The molecule has 2 rings (SSSR count). The number of aromatic nitrogens is 1. The van der Waals surface area contributed by atoms with Gasteiger partial charge in [0.15, 0.2) is 0 Å². The highest BCUT2D eigenvalue weighted by Gasteiger charge is 2.41. The predicted molar refractivity (Wildman–Crippen MR) is 57.4 cm³/mol. The van der Waals surface area contributed by atoms with Crippen molar-refractivity contribution in [3.05, 3.63) is 16.1 Å². The minimum atomic E-state index is -0.0580. The fourth-order valence-electron chi connectivity index (χ4n) is 1.78. The van der Waals surface area contributed by atoms with Crippen molar-refractivity contribution < 1.29 is 4.74 Å². The first-order valence-corrected chi connectivity index (χ1v) is 5.89. The first-order chi connectivity index (χ1) is 6.80. The molecular formula is C10H16N2OS. The lowest BCUT2D eigenvalue weighted by Gasteiger charge is -2.38. The molecule has 0 aromatic carbocycles. The second kappa shape index (κ2) is 3.96. The van der Waals surface area contributed by atoms with E-state index in [-0.39, 0.29) is 5.60 Å². The Balaban J connectivity index is 2.15. The fraction of sp³-hybridized carbons (Fsp3) is 0.700. The minimum absolute atomic E-state index is 0.0580. The van der Waals surface area contributed by atoms with Gasteiger partial charge in [0.2, 0.25) is 0 Å². The zero-order valence-electron chi connectivity index (χ0n) is 8.45. The second-order valence-corrected chi connectivity index (χ2v) is 4.59. The molecule has 3 nitrogen and oxygen atoms in total. The van der Waals surface area contributed by atoms with E-state index in [4.69, 9.17) is 10.5 Å². The van der Waals surface area contributed by atoms with Crippen molar-refractivity contribution in [2.24, 2.45) is 5.73 Å². The van der Waals surface area contributed by atoms with Crippen molar-refractivity contribution in [3.8, 4) is 0 Å². The lowest BCUT2D eigenvalue weighted by Crippen LogP contribution is -2.35. The maximum atomic E-state index is 5.57. The van der Waals surface area contributed by atoms with Gasteiger partial charge in [0.1, 0.15) is 10.6 Å². The smallest absolute Gasteiger partial charge is 0.125 e. The first kappa shape index (κ1) is 10.1. The van der Waals surface area contributed by atoms with Crippen LogP contribution in [-0.4, -0.2) is 18.6 Å². The van der Waals surface area contributed by atoms with Crippen molar-refractivity contribution in [2.45, 2.75) is 31.3 Å². The van der Waals surface area contributed by atoms with Gasteiger partial charge in [-0.25, -0.2) is 4.98 Å². The SMILES string of the molecule is COC1(c2nc(CCN)cs2)CCC1. The third-order valence-corrected chi connectivity index (χ3v) is 3.97. The molecule has 4 heteroatoms. The van der Waals surface area contributed by atoms with Crippen LogP contribution in [-0.2, 0) is 16.8 Å². The largest absolute Gasteiger partial charge is 0.371 e. The van der Waals surface area contributed by atoms with Gasteiger partial charge in [-0.1, -0.05) is 0 Å². The van der Waals surface area contributed by atoms with Crippen molar-refractivity contribution in [1.82, 2.24) is 4.98 Å². The lowest BCUT2D eigenvalue weighted by molar-refractivity contribution is -0.0780. The van der Waals surface area contributed by atoms with Crippen LogP contribution in [0.1, 0.15) is 30.0 Å². The minimum Gasteiger partial charge on any atom is -0.371 e. The van der Waals surface area contributed by atoms with Crippen molar-refractivity contribution in [2.75, 3.05) is 13.7 Å². The third-order valence-electron chi connectivity index (χ3n) is 2.89. The summed E-state index contributed by atoms with van der Waals surface area (Å²) in [6.45, 7) is 0.670. The number of ether oxygens (including phenoxy) is 1. The van der Waals surface area contributed by atoms with Crippen molar-refractivity contribution >= 4 is 11.3 Å². The van der Waals surface area contributed by atoms with Gasteiger partial charge < -0.3 is 10.5 Å². The van der Waals surface area contributed by atoms with Gasteiger partial charge in [-0.2, -0.15) is 0 Å². The molecule has 1 aliphatic rings. The highest BCUT2D eigenvalue weighted by Crippen LogP contribution is 2.45. The molecule has 1 aliphatic carbocycles. The molecule has 1 saturated carbocycles. The summed E-state index contributed by atoms with van der Waals surface area (Å²) in [4.78, 5) is 4.58. The van der Waals surface area contributed by atoms with E-state index in [1.807, 2.05) is 0 Å². The Hall–Kier alpha value is -0.450. The number of thiazole rings is 1. The molecule has 0 spiro atoms. The van der Waals surface area contributed by atoms with E-state index in [0.717, 1.165) is 30.0 Å². The molecule has 0 aliphatic heterocycles. The molecule has 1 aromatic heterocycles. The Labute approximate surface area is 88.3 Å². The molecule has 2 N–H and O–H groups in total. The van der Waals surface area contributed by atoms with E-state index in [1.165, 1.54) is 6.42 Å². The maximum absolute atomic E-state index is 5.57. The highest BCUT2D eigenvalue weighted by atomic mass is 32.1. The Morgan fingerprint density at radius 2 is 2.43 bits per heavy atom. The van der Waals surface area contributed by atoms with Gasteiger partial charge in [-0.3, -0.25) is 0 Å². The highest BCUT2D eigenvalue weighted by molar-refractivity contribution is 7.09. The van der Waals surface area contributed by atoms with Crippen LogP contribution in [0.2, 0.25) is 0 Å². The molecule has 0 bridgehead atoms. The maximum Gasteiger partial charge on any atom is 0.125 e. The summed E-state index contributed by atoms with van der Waals surface area (Å²) in [5, 5.41) is 3.23. The normalized spacial score (nSPS) is 19.3. The van der Waals surface area contributed by atoms with E-state index < -0.39 is 0 Å². The zero-order valence-corrected chi connectivity index (χ0v) is 9.27. The quantitative estimate of drug-likeness (QED) is 0.826. The van der Waals surface area contributed by atoms with Gasteiger partial charge in [0.25, 0.3) is 0 Å². The summed E-state index contributed by atoms with van der Waals surface area (Å²) >= 11 is 1.71. The summed E-state index contributed by atoms with van der Waals surface area (Å²) in [5.74, 6) is 0. The van der Waals surface area contributed by atoms with E-state index in [1.54, 1.807) is 18.4 Å². The van der Waals surface area contributed by atoms with Gasteiger partial charge in [0, 0.05) is 18.9 Å². The van der Waals surface area contributed by atoms with Crippen LogP contribution in [0.4, 0.5) is 0 Å². The van der Waals surface area contributed by atoms with Crippen LogP contribution in [0.15, 0.2) is 5.38 Å². The molecule has 1 fully saturated rings. The fourth-order valence-corrected chi connectivity index (χ4v) is 2.87. The van der Waals surface area contributed by atoms with E-state index in [2.05, 4.69) is 10.4 Å². The van der Waals surface area contributed by atoms with Crippen LogP contribution in [0.3, 0.4) is 0 Å². The van der Waals surface area contributed by atoms with Crippen LogP contribution in [0.25, 0.3) is 0 Å². The number of rotatable bonds is 4. The number of methoxy groups -OCH3 is 1. The number of hydrogen-bond donors (Lipinski definition) is 1. The number of nitrogens with zero attached hydrogens (tertiary/aromatic N) is 1. The molecule has 0 radical (unpaired) electrons. The van der Waals surface area contributed by atoms with Gasteiger partial charge >= 0.3 is 0 Å². The second-order valence-electron chi connectivity index (χ2n) is 3.73. The third kappa shape index (κ3) is 1.58. The van der Waals surface area contributed by atoms with Crippen LogP contribution < -0.4 is 5.73 Å². The topological polar surface area (TPSA) is 48.1 Å². The summed E-state index contributed by atoms with van der Waals surface area (Å²) in [7, 11) is 1.78. The summed E-state index contributed by atoms with van der Waals surface area (Å²) < 4.78 is 5.57. The van der Waals surface area contributed by atoms with Crippen molar-refractivity contribution in [1.29, 1.82) is 0 Å². The number of hydrogen-bond acceptors (Lipinski definition) is 4. The molecular weight excluding hydrogens is 196 g/mol. The average Bonchev–Trinajstić information content (AvgIpc) is 2.54. The number of nitrogens with two attached hydrogens (primary N) is 1. The molecule has 0 amide bonds. The summed E-state index contributed by atoms with van der Waals surface area (Å²) in [6, 6.07) is 0. The van der Waals surface area contributed by atoms with E-state index in [9.17, 15) is 0 Å². The molecule has 1 heterocycles. The Bertz CT molecular complexity index is 301. The molecule has 1 aromatic rings. The summed E-state index contributed by atoms with van der Waals surface area (Å²) in [5.41, 5.74) is 6.54. The Kier molecular flexibility index (Phi) is 2.85. The molecule has 14 heavy (non-hydrogen) atoms.